The van der Waals surface area contributed by atoms with Crippen molar-refractivity contribution in [2.45, 2.75) is 31.8 Å². The summed E-state index contributed by atoms with van der Waals surface area (Å²) < 4.78 is 0. The van der Waals surface area contributed by atoms with Crippen LogP contribution in [0.2, 0.25) is 0 Å². The summed E-state index contributed by atoms with van der Waals surface area (Å²) in [5.41, 5.74) is 0. The number of carboxylic acids is 1. The second-order valence-electron chi connectivity index (χ2n) is 4.47. The van der Waals surface area contributed by atoms with Gasteiger partial charge in [-0.25, -0.2) is 0 Å². The first kappa shape index (κ1) is 9.93. The van der Waals surface area contributed by atoms with Crippen molar-refractivity contribution < 1.29 is 9.90 Å². The lowest BCUT2D eigenvalue weighted by atomic mass is 9.93. The van der Waals surface area contributed by atoms with Gasteiger partial charge in [-0.1, -0.05) is 0 Å². The zero-order valence-corrected chi connectivity index (χ0v) is 8.57. The predicted octanol–water partition coefficient (Wildman–Crippen LogP) is 0.143. The molecule has 4 heteroatoms. The molecule has 0 aromatic heterocycles. The molecule has 0 radical (unpaired) electrons. The molecule has 0 aliphatic carbocycles. The number of hydrogen-bond acceptors (Lipinski definition) is 3. The van der Waals surface area contributed by atoms with Crippen LogP contribution in [0, 0.1) is 5.92 Å². The second-order valence-corrected chi connectivity index (χ2v) is 4.47. The zero-order chi connectivity index (χ0) is 10.1. The summed E-state index contributed by atoms with van der Waals surface area (Å²) in [6.45, 7) is 5.21. The number of nitrogens with one attached hydrogen (secondary N) is 1. The Balaban J connectivity index is 1.88. The molecule has 2 aliphatic heterocycles. The minimum Gasteiger partial charge on any atom is -0.480 e. The lowest BCUT2D eigenvalue weighted by Gasteiger charge is -2.32. The predicted molar refractivity (Wildman–Crippen MR) is 53.2 cm³/mol. The van der Waals surface area contributed by atoms with Gasteiger partial charge in [-0.05, 0) is 38.8 Å². The van der Waals surface area contributed by atoms with Gasteiger partial charge in [0.15, 0.2) is 0 Å². The number of aliphatic carboxylic acids is 1. The van der Waals surface area contributed by atoms with Crippen molar-refractivity contribution in [3.63, 3.8) is 0 Å². The third-order valence-electron chi connectivity index (χ3n) is 3.47. The van der Waals surface area contributed by atoms with Crippen molar-refractivity contribution >= 4 is 5.97 Å². The van der Waals surface area contributed by atoms with E-state index in [-0.39, 0.29) is 0 Å². The van der Waals surface area contributed by atoms with E-state index in [0.29, 0.717) is 12.0 Å². The van der Waals surface area contributed by atoms with Gasteiger partial charge in [-0.3, -0.25) is 4.79 Å². The molecule has 2 bridgehead atoms. The number of carbonyl (C=O) groups is 1. The molecule has 4 atom stereocenters. The number of rotatable bonds is 3. The van der Waals surface area contributed by atoms with Crippen LogP contribution in [-0.2, 0) is 4.79 Å². The molecule has 4 unspecified atom stereocenters. The van der Waals surface area contributed by atoms with E-state index in [9.17, 15) is 4.79 Å². The Morgan fingerprint density at radius 3 is 2.93 bits per heavy atom. The average Bonchev–Trinajstić information content (AvgIpc) is 2.53. The van der Waals surface area contributed by atoms with Gasteiger partial charge < -0.3 is 15.3 Å². The minimum absolute atomic E-state index is 0.410. The van der Waals surface area contributed by atoms with Crippen LogP contribution in [0.5, 0.6) is 0 Å². The number of piperidine rings is 1. The summed E-state index contributed by atoms with van der Waals surface area (Å²) in [5, 5.41) is 12.0. The Hall–Kier alpha value is -0.610. The molecule has 2 heterocycles. The lowest BCUT2D eigenvalue weighted by molar-refractivity contribution is -0.139. The van der Waals surface area contributed by atoms with Gasteiger partial charge in [0, 0.05) is 12.6 Å². The Morgan fingerprint density at radius 2 is 2.21 bits per heavy atom. The van der Waals surface area contributed by atoms with Crippen molar-refractivity contribution in [2.75, 3.05) is 19.6 Å². The first-order valence-electron chi connectivity index (χ1n) is 5.38. The number of fused-ring (bicyclic) bond motifs is 2. The van der Waals surface area contributed by atoms with Gasteiger partial charge in [0.05, 0.1) is 0 Å². The monoisotopic (exact) mass is 198 g/mol. The van der Waals surface area contributed by atoms with E-state index in [0.717, 1.165) is 19.5 Å². The van der Waals surface area contributed by atoms with Crippen LogP contribution in [0.4, 0.5) is 0 Å². The summed E-state index contributed by atoms with van der Waals surface area (Å²) in [5.74, 6) is -0.0732. The van der Waals surface area contributed by atoms with Crippen molar-refractivity contribution in [3.05, 3.63) is 0 Å². The Morgan fingerprint density at radius 1 is 1.50 bits per heavy atom. The SMILES string of the molecule is CC(NC1CCN2CCC1C2)C(=O)O. The molecule has 4 nitrogen and oxygen atoms in total. The van der Waals surface area contributed by atoms with Crippen LogP contribution < -0.4 is 5.32 Å². The summed E-state index contributed by atoms with van der Waals surface area (Å²) in [7, 11) is 0. The van der Waals surface area contributed by atoms with Gasteiger partial charge in [0.1, 0.15) is 6.04 Å². The van der Waals surface area contributed by atoms with Crippen LogP contribution in [-0.4, -0.2) is 47.7 Å². The van der Waals surface area contributed by atoms with E-state index in [4.69, 9.17) is 5.11 Å². The van der Waals surface area contributed by atoms with Gasteiger partial charge in [0.25, 0.3) is 0 Å². The molecule has 14 heavy (non-hydrogen) atoms. The summed E-state index contributed by atoms with van der Waals surface area (Å²) in [6.07, 6.45) is 2.33. The van der Waals surface area contributed by atoms with Gasteiger partial charge in [-0.2, -0.15) is 0 Å². The summed E-state index contributed by atoms with van der Waals surface area (Å²) in [6, 6.07) is 0.00648. The maximum absolute atomic E-state index is 10.7. The van der Waals surface area contributed by atoms with Crippen LogP contribution in [0.3, 0.4) is 0 Å². The Bertz CT molecular complexity index is 232. The summed E-state index contributed by atoms with van der Waals surface area (Å²) in [4.78, 5) is 13.2. The molecule has 0 spiro atoms. The molecule has 2 fully saturated rings. The van der Waals surface area contributed by atoms with Crippen molar-refractivity contribution in [1.82, 2.24) is 10.2 Å². The molecule has 0 aromatic carbocycles. The van der Waals surface area contributed by atoms with Gasteiger partial charge in [0.2, 0.25) is 0 Å². The standard InChI is InChI=1S/C10H18N2O2/c1-7(10(13)14)11-9-3-5-12-4-2-8(9)6-12/h7-9,11H,2-6H2,1H3,(H,13,14). The highest BCUT2D eigenvalue weighted by molar-refractivity contribution is 5.72. The molecule has 2 N–H and O–H groups in total. The number of carboxylic acid groups (broad SMARTS) is 1. The first-order valence-corrected chi connectivity index (χ1v) is 5.38. The van der Waals surface area contributed by atoms with E-state index in [1.165, 1.54) is 13.0 Å². The molecule has 2 rings (SSSR count). The molecule has 0 saturated carbocycles. The largest absolute Gasteiger partial charge is 0.480 e. The number of nitrogens with zero attached hydrogens (tertiary/aromatic N) is 1. The maximum Gasteiger partial charge on any atom is 0.320 e. The molecule has 2 saturated heterocycles. The average molecular weight is 198 g/mol. The third kappa shape index (κ3) is 1.91. The molecular formula is C10H18N2O2. The molecule has 2 aliphatic rings. The molecule has 80 valence electrons. The van der Waals surface area contributed by atoms with E-state index < -0.39 is 12.0 Å². The van der Waals surface area contributed by atoms with Crippen molar-refractivity contribution in [1.29, 1.82) is 0 Å². The van der Waals surface area contributed by atoms with Crippen molar-refractivity contribution in [3.8, 4) is 0 Å². The van der Waals surface area contributed by atoms with E-state index in [2.05, 4.69) is 10.2 Å². The van der Waals surface area contributed by atoms with Crippen LogP contribution in [0.15, 0.2) is 0 Å². The fraction of sp³-hybridized carbons (Fsp3) is 0.900. The molecule has 0 amide bonds. The van der Waals surface area contributed by atoms with Crippen LogP contribution in [0.25, 0.3) is 0 Å². The molecule has 0 aromatic rings. The normalized spacial score (nSPS) is 38.2. The number of hydrogen-bond donors (Lipinski definition) is 2. The topological polar surface area (TPSA) is 52.6 Å². The Kier molecular flexibility index (Phi) is 2.74. The van der Waals surface area contributed by atoms with Gasteiger partial charge >= 0.3 is 5.97 Å². The van der Waals surface area contributed by atoms with E-state index >= 15 is 0 Å². The quantitative estimate of drug-likeness (QED) is 0.677. The fourth-order valence-electron chi connectivity index (χ4n) is 2.56. The smallest absolute Gasteiger partial charge is 0.320 e. The fourth-order valence-corrected chi connectivity index (χ4v) is 2.56. The zero-order valence-electron chi connectivity index (χ0n) is 8.57. The summed E-state index contributed by atoms with van der Waals surface area (Å²) >= 11 is 0. The highest BCUT2D eigenvalue weighted by Gasteiger charge is 2.35. The van der Waals surface area contributed by atoms with Gasteiger partial charge in [-0.15, -0.1) is 0 Å². The second kappa shape index (κ2) is 3.87. The van der Waals surface area contributed by atoms with Crippen molar-refractivity contribution in [2.24, 2.45) is 5.92 Å². The van der Waals surface area contributed by atoms with Crippen LogP contribution in [0.1, 0.15) is 19.8 Å². The van der Waals surface area contributed by atoms with E-state index in [1.807, 2.05) is 0 Å². The highest BCUT2D eigenvalue weighted by atomic mass is 16.4. The lowest BCUT2D eigenvalue weighted by Crippen LogP contribution is -2.49. The third-order valence-corrected chi connectivity index (χ3v) is 3.47. The minimum atomic E-state index is -0.745. The highest BCUT2D eigenvalue weighted by Crippen LogP contribution is 2.27. The van der Waals surface area contributed by atoms with E-state index in [1.54, 1.807) is 6.92 Å². The first-order chi connectivity index (χ1) is 6.66. The Labute approximate surface area is 84.3 Å². The maximum atomic E-state index is 10.7. The van der Waals surface area contributed by atoms with Crippen LogP contribution >= 0.6 is 0 Å². The molecular weight excluding hydrogens is 180 g/mol.